The first-order valence-electron chi connectivity index (χ1n) is 8.37. The molecule has 3 aromatic rings. The molecule has 5 heteroatoms. The van der Waals surface area contributed by atoms with Crippen LogP contribution in [0, 0.1) is 6.92 Å². The maximum atomic E-state index is 12.6. The summed E-state index contributed by atoms with van der Waals surface area (Å²) in [7, 11) is 1.71. The van der Waals surface area contributed by atoms with Gasteiger partial charge in [-0.3, -0.25) is 4.79 Å². The number of nitrogens with zero attached hydrogens (tertiary/aromatic N) is 1. The van der Waals surface area contributed by atoms with Crippen LogP contribution < -0.4 is 9.64 Å². The second-order valence-corrected chi connectivity index (χ2v) is 6.95. The van der Waals surface area contributed by atoms with Crippen molar-refractivity contribution in [3.63, 3.8) is 0 Å². The van der Waals surface area contributed by atoms with Crippen molar-refractivity contribution in [1.29, 1.82) is 0 Å². The van der Waals surface area contributed by atoms with Crippen LogP contribution in [-0.4, -0.2) is 18.9 Å². The zero-order chi connectivity index (χ0) is 19.4. The molecule has 0 aliphatic rings. The highest BCUT2D eigenvalue weighted by atomic mass is 79.9. The molecule has 1 amide bonds. The number of hydrogen-bond acceptors (Lipinski definition) is 3. The van der Waals surface area contributed by atoms with E-state index in [1.807, 2.05) is 37.3 Å². The number of amides is 1. The van der Waals surface area contributed by atoms with Crippen LogP contribution in [0.25, 0.3) is 0 Å². The number of carbonyl (C=O) groups is 2. The first kappa shape index (κ1) is 18.9. The first-order valence-corrected chi connectivity index (χ1v) is 9.16. The lowest BCUT2D eigenvalue weighted by Gasteiger charge is -2.18. The van der Waals surface area contributed by atoms with E-state index in [0.29, 0.717) is 27.0 Å². The molecule has 0 fully saturated rings. The second-order valence-electron chi connectivity index (χ2n) is 6.09. The third-order valence-electron chi connectivity index (χ3n) is 4.13. The summed E-state index contributed by atoms with van der Waals surface area (Å²) in [5.41, 5.74) is 2.88. The van der Waals surface area contributed by atoms with Gasteiger partial charge >= 0.3 is 5.97 Å². The van der Waals surface area contributed by atoms with Crippen molar-refractivity contribution in [3.8, 4) is 5.75 Å². The van der Waals surface area contributed by atoms with Gasteiger partial charge in [0.1, 0.15) is 5.75 Å². The molecule has 27 heavy (non-hydrogen) atoms. The van der Waals surface area contributed by atoms with Crippen molar-refractivity contribution < 1.29 is 14.3 Å². The van der Waals surface area contributed by atoms with Crippen molar-refractivity contribution >= 4 is 33.5 Å². The number of esters is 1. The standard InChI is InChI=1S/C22H18BrNO3/c1-15-7-9-16(10-8-15)21(25)24(2)17-11-13-18(14-12-17)27-22(26)19-5-3-4-6-20(19)23/h3-14H,1-2H3. The van der Waals surface area contributed by atoms with E-state index < -0.39 is 5.97 Å². The third kappa shape index (κ3) is 4.44. The molecular formula is C22H18BrNO3. The lowest BCUT2D eigenvalue weighted by molar-refractivity contribution is 0.0733. The second kappa shape index (κ2) is 8.18. The normalized spacial score (nSPS) is 10.3. The van der Waals surface area contributed by atoms with E-state index in [2.05, 4.69) is 15.9 Å². The first-order chi connectivity index (χ1) is 13.0. The molecule has 0 aromatic heterocycles. The van der Waals surface area contributed by atoms with E-state index >= 15 is 0 Å². The van der Waals surface area contributed by atoms with Crippen LogP contribution in [0.15, 0.2) is 77.3 Å². The van der Waals surface area contributed by atoms with Gasteiger partial charge in [0.25, 0.3) is 5.91 Å². The summed E-state index contributed by atoms with van der Waals surface area (Å²) in [6.07, 6.45) is 0. The summed E-state index contributed by atoms with van der Waals surface area (Å²) < 4.78 is 6.08. The predicted octanol–water partition coefficient (Wildman–Crippen LogP) is 5.25. The third-order valence-corrected chi connectivity index (χ3v) is 4.82. The minimum Gasteiger partial charge on any atom is -0.423 e. The highest BCUT2D eigenvalue weighted by Crippen LogP contribution is 2.23. The van der Waals surface area contributed by atoms with Crippen molar-refractivity contribution in [2.24, 2.45) is 0 Å². The van der Waals surface area contributed by atoms with Crippen LogP contribution in [-0.2, 0) is 0 Å². The molecule has 136 valence electrons. The molecule has 0 aliphatic heterocycles. The molecule has 0 heterocycles. The van der Waals surface area contributed by atoms with Crippen molar-refractivity contribution in [1.82, 2.24) is 0 Å². The lowest BCUT2D eigenvalue weighted by Crippen LogP contribution is -2.26. The monoisotopic (exact) mass is 423 g/mol. The van der Waals surface area contributed by atoms with Crippen LogP contribution >= 0.6 is 15.9 Å². The summed E-state index contributed by atoms with van der Waals surface area (Å²) in [6.45, 7) is 1.98. The molecule has 0 N–H and O–H groups in total. The largest absolute Gasteiger partial charge is 0.423 e. The number of halogens is 1. The fraction of sp³-hybridized carbons (Fsp3) is 0.0909. The molecule has 0 saturated heterocycles. The van der Waals surface area contributed by atoms with Gasteiger partial charge in [-0.1, -0.05) is 29.8 Å². The van der Waals surface area contributed by atoms with E-state index in [-0.39, 0.29) is 5.91 Å². The summed E-state index contributed by atoms with van der Waals surface area (Å²) in [5, 5.41) is 0. The van der Waals surface area contributed by atoms with Crippen LogP contribution in [0.5, 0.6) is 5.75 Å². The fourth-order valence-electron chi connectivity index (χ4n) is 2.53. The van der Waals surface area contributed by atoms with Gasteiger partial charge in [-0.25, -0.2) is 4.79 Å². The molecule has 0 bridgehead atoms. The Kier molecular flexibility index (Phi) is 5.72. The Morgan fingerprint density at radius 1 is 0.889 bits per heavy atom. The Morgan fingerprint density at radius 2 is 1.52 bits per heavy atom. The van der Waals surface area contributed by atoms with Gasteiger partial charge in [-0.2, -0.15) is 0 Å². The van der Waals surface area contributed by atoms with Gasteiger partial charge in [0.05, 0.1) is 5.56 Å². The van der Waals surface area contributed by atoms with Crippen molar-refractivity contribution in [3.05, 3.63) is 94.0 Å². The number of benzene rings is 3. The van der Waals surface area contributed by atoms with Crippen LogP contribution in [0.3, 0.4) is 0 Å². The zero-order valence-corrected chi connectivity index (χ0v) is 16.6. The molecule has 3 rings (SSSR count). The summed E-state index contributed by atoms with van der Waals surface area (Å²) >= 11 is 3.34. The molecule has 0 radical (unpaired) electrons. The Labute approximate surface area is 166 Å². The van der Waals surface area contributed by atoms with E-state index in [1.165, 1.54) is 0 Å². The van der Waals surface area contributed by atoms with Crippen LogP contribution in [0.4, 0.5) is 5.69 Å². The molecule has 0 saturated carbocycles. The molecule has 0 spiro atoms. The summed E-state index contributed by atoms with van der Waals surface area (Å²) in [4.78, 5) is 26.4. The Hall–Kier alpha value is -2.92. The molecule has 3 aromatic carbocycles. The minimum absolute atomic E-state index is 0.104. The van der Waals surface area contributed by atoms with Crippen LogP contribution in [0.2, 0.25) is 0 Å². The number of hydrogen-bond donors (Lipinski definition) is 0. The Balaban J connectivity index is 1.71. The summed E-state index contributed by atoms with van der Waals surface area (Å²) in [6, 6.07) is 21.3. The lowest BCUT2D eigenvalue weighted by atomic mass is 10.1. The SMILES string of the molecule is Cc1ccc(C(=O)N(C)c2ccc(OC(=O)c3ccccc3Br)cc2)cc1. The molecule has 4 nitrogen and oxygen atoms in total. The zero-order valence-electron chi connectivity index (χ0n) is 15.0. The predicted molar refractivity (Wildman–Crippen MR) is 109 cm³/mol. The highest BCUT2D eigenvalue weighted by molar-refractivity contribution is 9.10. The number of anilines is 1. The number of rotatable bonds is 4. The molecule has 0 atom stereocenters. The van der Waals surface area contributed by atoms with Crippen molar-refractivity contribution in [2.75, 3.05) is 11.9 Å². The van der Waals surface area contributed by atoms with Gasteiger partial charge in [0.2, 0.25) is 0 Å². The van der Waals surface area contributed by atoms with E-state index in [0.717, 1.165) is 5.56 Å². The Bertz CT molecular complexity index is 966. The van der Waals surface area contributed by atoms with E-state index in [9.17, 15) is 9.59 Å². The molecule has 0 unspecified atom stereocenters. The molecule has 0 aliphatic carbocycles. The minimum atomic E-state index is -0.445. The maximum absolute atomic E-state index is 12.6. The number of carbonyl (C=O) groups excluding carboxylic acids is 2. The van der Waals surface area contributed by atoms with Crippen molar-refractivity contribution in [2.45, 2.75) is 6.92 Å². The average molecular weight is 424 g/mol. The van der Waals surface area contributed by atoms with Gasteiger partial charge in [-0.05, 0) is 71.4 Å². The maximum Gasteiger partial charge on any atom is 0.344 e. The smallest absolute Gasteiger partial charge is 0.344 e. The van der Waals surface area contributed by atoms with Gasteiger partial charge in [0.15, 0.2) is 0 Å². The molecular weight excluding hydrogens is 406 g/mol. The summed E-state index contributed by atoms with van der Waals surface area (Å²) in [5.74, 6) is -0.136. The average Bonchev–Trinajstić information content (AvgIpc) is 2.68. The van der Waals surface area contributed by atoms with Gasteiger partial charge in [-0.15, -0.1) is 0 Å². The van der Waals surface area contributed by atoms with E-state index in [4.69, 9.17) is 4.74 Å². The van der Waals surface area contributed by atoms with E-state index in [1.54, 1.807) is 54.4 Å². The number of ether oxygens (including phenoxy) is 1. The van der Waals surface area contributed by atoms with Gasteiger partial charge < -0.3 is 9.64 Å². The Morgan fingerprint density at radius 3 is 2.15 bits per heavy atom. The quantitative estimate of drug-likeness (QED) is 0.425. The fourth-order valence-corrected chi connectivity index (χ4v) is 2.98. The number of aryl methyl sites for hydroxylation is 1. The topological polar surface area (TPSA) is 46.6 Å². The highest BCUT2D eigenvalue weighted by Gasteiger charge is 2.15. The van der Waals surface area contributed by atoms with Gasteiger partial charge in [0, 0.05) is 22.8 Å². The van der Waals surface area contributed by atoms with Crippen LogP contribution in [0.1, 0.15) is 26.3 Å².